The van der Waals surface area contributed by atoms with E-state index in [0.717, 1.165) is 18.5 Å². The molecule has 1 fully saturated rings. The summed E-state index contributed by atoms with van der Waals surface area (Å²) in [4.78, 5) is 14.1. The van der Waals surface area contributed by atoms with Gasteiger partial charge < -0.3 is 10.2 Å². The van der Waals surface area contributed by atoms with Crippen molar-refractivity contribution in [3.05, 3.63) is 35.4 Å². The highest BCUT2D eigenvalue weighted by atomic mass is 16.2. The van der Waals surface area contributed by atoms with Gasteiger partial charge >= 0.3 is 0 Å². The number of hydrogen-bond donors (Lipinski definition) is 1. The topological polar surface area (TPSA) is 56.1 Å². The Labute approximate surface area is 114 Å². The Balaban J connectivity index is 2.01. The van der Waals surface area contributed by atoms with Crippen LogP contribution in [-0.4, -0.2) is 29.4 Å². The summed E-state index contributed by atoms with van der Waals surface area (Å²) >= 11 is 0. The molecule has 0 bridgehead atoms. The van der Waals surface area contributed by atoms with E-state index in [2.05, 4.69) is 11.4 Å². The predicted octanol–water partition coefficient (Wildman–Crippen LogP) is 1.66. The number of amides is 1. The van der Waals surface area contributed by atoms with Crippen molar-refractivity contribution in [1.29, 1.82) is 5.26 Å². The van der Waals surface area contributed by atoms with Crippen molar-refractivity contribution in [1.82, 2.24) is 10.2 Å². The van der Waals surface area contributed by atoms with E-state index in [0.29, 0.717) is 18.2 Å². The molecule has 1 unspecified atom stereocenters. The molecule has 0 saturated carbocycles. The summed E-state index contributed by atoms with van der Waals surface area (Å²) in [7, 11) is 0. The molecular formula is C15H19N3O. The summed E-state index contributed by atoms with van der Waals surface area (Å²) in [6.07, 6.45) is 0.856. The molecule has 1 aliphatic heterocycles. The largest absolute Gasteiger partial charge is 0.337 e. The van der Waals surface area contributed by atoms with Gasteiger partial charge in [-0.25, -0.2) is 0 Å². The van der Waals surface area contributed by atoms with Crippen molar-refractivity contribution < 1.29 is 4.79 Å². The fourth-order valence-corrected chi connectivity index (χ4v) is 2.41. The summed E-state index contributed by atoms with van der Waals surface area (Å²) in [5, 5.41) is 12.2. The van der Waals surface area contributed by atoms with E-state index in [1.807, 2.05) is 36.9 Å². The van der Waals surface area contributed by atoms with Crippen LogP contribution in [0, 0.1) is 11.3 Å². The molecule has 1 saturated heterocycles. The molecule has 4 nitrogen and oxygen atoms in total. The van der Waals surface area contributed by atoms with Gasteiger partial charge in [0, 0.05) is 19.1 Å². The standard InChI is InChI=1S/C15H19N3O/c1-11(2)17-14-6-7-18(15(14)19)10-13-5-3-4-12(8-13)9-16/h3-5,8,11,14,17H,6-7,10H2,1-2H3. The highest BCUT2D eigenvalue weighted by molar-refractivity contribution is 5.84. The van der Waals surface area contributed by atoms with Crippen molar-refractivity contribution in [3.63, 3.8) is 0 Å². The van der Waals surface area contributed by atoms with E-state index in [1.165, 1.54) is 0 Å². The Morgan fingerprint density at radius 3 is 3.00 bits per heavy atom. The van der Waals surface area contributed by atoms with Crippen LogP contribution in [0.25, 0.3) is 0 Å². The summed E-state index contributed by atoms with van der Waals surface area (Å²) in [5.74, 6) is 0.163. The number of nitriles is 1. The minimum absolute atomic E-state index is 0.0563. The SMILES string of the molecule is CC(C)NC1CCN(Cc2cccc(C#N)c2)C1=O. The van der Waals surface area contributed by atoms with Gasteiger partial charge in [-0.15, -0.1) is 0 Å². The number of nitrogens with one attached hydrogen (secondary N) is 1. The van der Waals surface area contributed by atoms with Crippen molar-refractivity contribution in [2.75, 3.05) is 6.54 Å². The third-order valence-electron chi connectivity index (χ3n) is 3.26. The predicted molar refractivity (Wildman–Crippen MR) is 73.3 cm³/mol. The number of likely N-dealkylation sites (tertiary alicyclic amines) is 1. The Morgan fingerprint density at radius 2 is 2.32 bits per heavy atom. The number of carbonyl (C=O) groups excluding carboxylic acids is 1. The summed E-state index contributed by atoms with van der Waals surface area (Å²) in [6, 6.07) is 9.82. The van der Waals surface area contributed by atoms with Gasteiger partial charge in [-0.05, 0) is 24.1 Å². The molecule has 19 heavy (non-hydrogen) atoms. The molecule has 4 heteroatoms. The maximum Gasteiger partial charge on any atom is 0.240 e. The third kappa shape index (κ3) is 3.33. The van der Waals surface area contributed by atoms with Crippen molar-refractivity contribution in [2.45, 2.75) is 38.9 Å². The van der Waals surface area contributed by atoms with E-state index >= 15 is 0 Å². The zero-order chi connectivity index (χ0) is 13.8. The lowest BCUT2D eigenvalue weighted by atomic mass is 10.1. The van der Waals surface area contributed by atoms with Crippen LogP contribution in [0.4, 0.5) is 0 Å². The first-order valence-electron chi connectivity index (χ1n) is 6.64. The van der Waals surface area contributed by atoms with Crippen LogP contribution >= 0.6 is 0 Å². The molecule has 0 aromatic heterocycles. The lowest BCUT2D eigenvalue weighted by molar-refractivity contribution is -0.130. The van der Waals surface area contributed by atoms with Crippen LogP contribution in [0.1, 0.15) is 31.4 Å². The first-order valence-corrected chi connectivity index (χ1v) is 6.64. The molecule has 1 aromatic carbocycles. The van der Waals surface area contributed by atoms with Gasteiger partial charge in [0.2, 0.25) is 5.91 Å². The smallest absolute Gasteiger partial charge is 0.240 e. The Hall–Kier alpha value is -1.86. The molecule has 1 atom stereocenters. The zero-order valence-corrected chi connectivity index (χ0v) is 11.4. The van der Waals surface area contributed by atoms with E-state index in [4.69, 9.17) is 5.26 Å². The highest BCUT2D eigenvalue weighted by Crippen LogP contribution is 2.16. The first kappa shape index (κ1) is 13.6. The fraction of sp³-hybridized carbons (Fsp3) is 0.467. The maximum atomic E-state index is 12.2. The van der Waals surface area contributed by atoms with Gasteiger partial charge in [0.05, 0.1) is 17.7 Å². The average Bonchev–Trinajstić information content (AvgIpc) is 2.71. The molecule has 100 valence electrons. The minimum atomic E-state index is -0.0563. The van der Waals surface area contributed by atoms with Crippen LogP contribution in [0.3, 0.4) is 0 Å². The van der Waals surface area contributed by atoms with E-state index in [1.54, 1.807) is 6.07 Å². The number of rotatable bonds is 4. The van der Waals surface area contributed by atoms with Gasteiger partial charge in [0.1, 0.15) is 0 Å². The molecule has 1 N–H and O–H groups in total. The summed E-state index contributed by atoms with van der Waals surface area (Å²) < 4.78 is 0. The molecule has 0 radical (unpaired) electrons. The maximum absolute atomic E-state index is 12.2. The van der Waals surface area contributed by atoms with E-state index < -0.39 is 0 Å². The monoisotopic (exact) mass is 257 g/mol. The average molecular weight is 257 g/mol. The molecule has 1 heterocycles. The Morgan fingerprint density at radius 1 is 1.53 bits per heavy atom. The van der Waals surface area contributed by atoms with E-state index in [9.17, 15) is 4.79 Å². The van der Waals surface area contributed by atoms with Gasteiger partial charge in [0.25, 0.3) is 0 Å². The zero-order valence-electron chi connectivity index (χ0n) is 11.4. The van der Waals surface area contributed by atoms with Gasteiger partial charge in [-0.3, -0.25) is 4.79 Å². The molecule has 2 rings (SSSR count). The third-order valence-corrected chi connectivity index (χ3v) is 3.26. The Bertz CT molecular complexity index is 504. The second-order valence-corrected chi connectivity index (χ2v) is 5.23. The molecule has 1 aromatic rings. The fourth-order valence-electron chi connectivity index (χ4n) is 2.41. The Kier molecular flexibility index (Phi) is 4.18. The number of carbonyl (C=O) groups is 1. The molecular weight excluding hydrogens is 238 g/mol. The number of hydrogen-bond acceptors (Lipinski definition) is 3. The van der Waals surface area contributed by atoms with Crippen LogP contribution < -0.4 is 5.32 Å². The minimum Gasteiger partial charge on any atom is -0.337 e. The summed E-state index contributed by atoms with van der Waals surface area (Å²) in [6.45, 7) is 5.46. The van der Waals surface area contributed by atoms with Crippen LogP contribution in [0.2, 0.25) is 0 Å². The quantitative estimate of drug-likeness (QED) is 0.892. The normalized spacial score (nSPS) is 18.9. The van der Waals surface area contributed by atoms with Crippen LogP contribution in [0.5, 0.6) is 0 Å². The van der Waals surface area contributed by atoms with Gasteiger partial charge in [-0.2, -0.15) is 5.26 Å². The second-order valence-electron chi connectivity index (χ2n) is 5.23. The van der Waals surface area contributed by atoms with Crippen molar-refractivity contribution in [2.24, 2.45) is 0 Å². The molecule has 0 aliphatic carbocycles. The number of nitrogens with zero attached hydrogens (tertiary/aromatic N) is 2. The van der Waals surface area contributed by atoms with Crippen molar-refractivity contribution in [3.8, 4) is 6.07 Å². The van der Waals surface area contributed by atoms with Crippen LogP contribution in [-0.2, 0) is 11.3 Å². The first-order chi connectivity index (χ1) is 9.10. The summed E-state index contributed by atoms with van der Waals surface area (Å²) in [5.41, 5.74) is 1.65. The lowest BCUT2D eigenvalue weighted by Crippen LogP contribution is -2.41. The van der Waals surface area contributed by atoms with Crippen molar-refractivity contribution >= 4 is 5.91 Å². The lowest BCUT2D eigenvalue weighted by Gasteiger charge is -2.18. The molecule has 1 aliphatic rings. The highest BCUT2D eigenvalue weighted by Gasteiger charge is 2.31. The number of benzene rings is 1. The van der Waals surface area contributed by atoms with Gasteiger partial charge in [-0.1, -0.05) is 26.0 Å². The van der Waals surface area contributed by atoms with Crippen LogP contribution in [0.15, 0.2) is 24.3 Å². The van der Waals surface area contributed by atoms with Gasteiger partial charge in [0.15, 0.2) is 0 Å². The molecule has 1 amide bonds. The second kappa shape index (κ2) is 5.85. The molecule has 0 spiro atoms. The van der Waals surface area contributed by atoms with E-state index in [-0.39, 0.29) is 11.9 Å².